The van der Waals surface area contributed by atoms with Crippen LogP contribution in [0, 0.1) is 6.92 Å². The summed E-state index contributed by atoms with van der Waals surface area (Å²) in [7, 11) is 1.40. The summed E-state index contributed by atoms with van der Waals surface area (Å²) < 4.78 is 4.81. The van der Waals surface area contributed by atoms with E-state index < -0.39 is 0 Å². The Morgan fingerprint density at radius 1 is 1.35 bits per heavy atom. The smallest absolute Gasteiger partial charge is 0.338 e. The summed E-state index contributed by atoms with van der Waals surface area (Å²) in [6.45, 7) is 4.03. The maximum atomic E-state index is 11.7. The lowest BCUT2D eigenvalue weighted by molar-refractivity contribution is -0.133. The lowest BCUT2D eigenvalue weighted by atomic mass is 10.0. The van der Waals surface area contributed by atoms with E-state index in [1.165, 1.54) is 7.11 Å². The van der Waals surface area contributed by atoms with E-state index in [1.54, 1.807) is 6.08 Å². The van der Waals surface area contributed by atoms with Gasteiger partial charge in [-0.2, -0.15) is 0 Å². The number of esters is 1. The Morgan fingerprint density at radius 3 is 2.65 bits per heavy atom. The molecular weight excluding hydrogens is 212 g/mol. The van der Waals surface area contributed by atoms with E-state index in [1.807, 2.05) is 43.3 Å². The van der Waals surface area contributed by atoms with E-state index in [2.05, 4.69) is 6.92 Å². The SMILES string of the molecule is CC/C=C/C=C(/C(=O)OC)c1ccccc1C. The number of hydrogen-bond donors (Lipinski definition) is 0. The van der Waals surface area contributed by atoms with Crippen LogP contribution in [0.1, 0.15) is 24.5 Å². The third-order valence-corrected chi connectivity index (χ3v) is 2.48. The molecule has 17 heavy (non-hydrogen) atoms. The number of aryl methyl sites for hydroxylation is 1. The Morgan fingerprint density at radius 2 is 2.06 bits per heavy atom. The van der Waals surface area contributed by atoms with Crippen LogP contribution in [-0.2, 0) is 9.53 Å². The van der Waals surface area contributed by atoms with E-state index in [0.29, 0.717) is 5.57 Å². The van der Waals surface area contributed by atoms with Gasteiger partial charge in [-0.15, -0.1) is 0 Å². The molecule has 0 saturated carbocycles. The van der Waals surface area contributed by atoms with Gasteiger partial charge >= 0.3 is 5.97 Å². The summed E-state index contributed by atoms with van der Waals surface area (Å²) in [5.41, 5.74) is 2.57. The van der Waals surface area contributed by atoms with Crippen LogP contribution in [-0.4, -0.2) is 13.1 Å². The molecule has 0 atom stereocenters. The van der Waals surface area contributed by atoms with Crippen molar-refractivity contribution < 1.29 is 9.53 Å². The van der Waals surface area contributed by atoms with E-state index in [0.717, 1.165) is 17.5 Å². The molecular formula is C15H18O2. The van der Waals surface area contributed by atoms with Gasteiger partial charge in [-0.3, -0.25) is 0 Å². The van der Waals surface area contributed by atoms with Crippen molar-refractivity contribution in [3.8, 4) is 0 Å². The van der Waals surface area contributed by atoms with Crippen molar-refractivity contribution in [3.63, 3.8) is 0 Å². The Labute approximate surface area is 103 Å². The molecule has 0 fully saturated rings. The molecule has 0 amide bonds. The molecule has 90 valence electrons. The van der Waals surface area contributed by atoms with Gasteiger partial charge in [0.15, 0.2) is 0 Å². The zero-order valence-electron chi connectivity index (χ0n) is 10.6. The predicted octanol–water partition coefficient (Wildman–Crippen LogP) is 3.52. The van der Waals surface area contributed by atoms with Gasteiger partial charge in [0.25, 0.3) is 0 Å². The number of rotatable bonds is 4. The molecule has 2 nitrogen and oxygen atoms in total. The molecule has 2 heteroatoms. The maximum Gasteiger partial charge on any atom is 0.338 e. The fourth-order valence-corrected chi connectivity index (χ4v) is 1.55. The van der Waals surface area contributed by atoms with Gasteiger partial charge in [0.2, 0.25) is 0 Å². The molecule has 0 bridgehead atoms. The second-order valence-corrected chi connectivity index (χ2v) is 3.72. The largest absolute Gasteiger partial charge is 0.465 e. The van der Waals surface area contributed by atoms with Crippen molar-refractivity contribution in [2.24, 2.45) is 0 Å². The van der Waals surface area contributed by atoms with E-state index >= 15 is 0 Å². The van der Waals surface area contributed by atoms with Crippen molar-refractivity contribution in [1.82, 2.24) is 0 Å². The molecule has 0 N–H and O–H groups in total. The zero-order valence-corrected chi connectivity index (χ0v) is 10.6. The summed E-state index contributed by atoms with van der Waals surface area (Å²) in [6, 6.07) is 7.78. The van der Waals surface area contributed by atoms with Crippen LogP contribution in [0.4, 0.5) is 0 Å². The molecule has 1 aromatic rings. The lowest BCUT2D eigenvalue weighted by Crippen LogP contribution is -2.04. The summed E-state index contributed by atoms with van der Waals surface area (Å²) in [4.78, 5) is 11.7. The van der Waals surface area contributed by atoms with Gasteiger partial charge in [-0.25, -0.2) is 4.79 Å². The Hall–Kier alpha value is -1.83. The van der Waals surface area contributed by atoms with E-state index in [-0.39, 0.29) is 5.97 Å². The van der Waals surface area contributed by atoms with Crippen LogP contribution in [0.2, 0.25) is 0 Å². The number of carbonyl (C=O) groups excluding carboxylic acids is 1. The third kappa shape index (κ3) is 3.59. The monoisotopic (exact) mass is 230 g/mol. The molecule has 1 aromatic carbocycles. The highest BCUT2D eigenvalue weighted by atomic mass is 16.5. The normalized spacial score (nSPS) is 11.8. The molecule has 0 aliphatic carbocycles. The van der Waals surface area contributed by atoms with Crippen molar-refractivity contribution >= 4 is 11.5 Å². The molecule has 0 spiro atoms. The summed E-state index contributed by atoms with van der Waals surface area (Å²) >= 11 is 0. The lowest BCUT2D eigenvalue weighted by Gasteiger charge is -2.07. The molecule has 0 aliphatic rings. The van der Waals surface area contributed by atoms with Crippen molar-refractivity contribution in [1.29, 1.82) is 0 Å². The van der Waals surface area contributed by atoms with E-state index in [9.17, 15) is 4.79 Å². The van der Waals surface area contributed by atoms with Crippen molar-refractivity contribution in [2.75, 3.05) is 7.11 Å². The van der Waals surface area contributed by atoms with Gasteiger partial charge < -0.3 is 4.74 Å². The Bertz CT molecular complexity index is 442. The second kappa shape index (κ2) is 6.69. The number of benzene rings is 1. The minimum atomic E-state index is -0.306. The van der Waals surface area contributed by atoms with Crippen molar-refractivity contribution in [2.45, 2.75) is 20.3 Å². The van der Waals surface area contributed by atoms with Crippen molar-refractivity contribution in [3.05, 3.63) is 53.6 Å². The summed E-state index contributed by atoms with van der Waals surface area (Å²) in [5.74, 6) is -0.306. The number of hydrogen-bond acceptors (Lipinski definition) is 2. The topological polar surface area (TPSA) is 26.3 Å². The standard InChI is InChI=1S/C15H18O2/c1-4-5-6-11-14(15(16)17-3)13-10-8-7-9-12(13)2/h5-11H,4H2,1-3H3/b6-5+,14-11+. The Kier molecular flexibility index (Phi) is 5.21. The van der Waals surface area contributed by atoms with Crippen LogP contribution < -0.4 is 0 Å². The molecule has 0 heterocycles. The molecule has 0 radical (unpaired) electrons. The predicted molar refractivity (Wildman–Crippen MR) is 70.6 cm³/mol. The van der Waals surface area contributed by atoms with Gasteiger partial charge in [0.05, 0.1) is 12.7 Å². The first-order chi connectivity index (χ1) is 8.20. The number of ether oxygens (including phenoxy) is 1. The van der Waals surface area contributed by atoms with Gasteiger partial charge in [0.1, 0.15) is 0 Å². The first-order valence-corrected chi connectivity index (χ1v) is 5.71. The quantitative estimate of drug-likeness (QED) is 0.449. The fraction of sp³-hybridized carbons (Fsp3) is 0.267. The molecule has 0 aromatic heterocycles. The average molecular weight is 230 g/mol. The summed E-state index contributed by atoms with van der Waals surface area (Å²) in [6.07, 6.45) is 6.64. The minimum Gasteiger partial charge on any atom is -0.465 e. The van der Waals surface area contributed by atoms with Crippen LogP contribution in [0.3, 0.4) is 0 Å². The highest BCUT2D eigenvalue weighted by Crippen LogP contribution is 2.20. The highest BCUT2D eigenvalue weighted by molar-refractivity contribution is 6.17. The second-order valence-electron chi connectivity index (χ2n) is 3.72. The third-order valence-electron chi connectivity index (χ3n) is 2.48. The van der Waals surface area contributed by atoms with Crippen LogP contribution in [0.5, 0.6) is 0 Å². The highest BCUT2D eigenvalue weighted by Gasteiger charge is 2.12. The molecule has 0 aliphatic heterocycles. The van der Waals surface area contributed by atoms with E-state index in [4.69, 9.17) is 4.74 Å². The molecule has 0 unspecified atom stereocenters. The van der Waals surface area contributed by atoms with Crippen LogP contribution in [0.25, 0.3) is 5.57 Å². The first kappa shape index (κ1) is 13.2. The minimum absolute atomic E-state index is 0.306. The number of carbonyl (C=O) groups is 1. The summed E-state index contributed by atoms with van der Waals surface area (Å²) in [5, 5.41) is 0. The maximum absolute atomic E-state index is 11.7. The first-order valence-electron chi connectivity index (χ1n) is 5.71. The van der Waals surface area contributed by atoms with Crippen LogP contribution in [0.15, 0.2) is 42.5 Å². The van der Waals surface area contributed by atoms with Crippen LogP contribution >= 0.6 is 0 Å². The Balaban J connectivity index is 3.16. The zero-order chi connectivity index (χ0) is 12.7. The molecule has 0 saturated heterocycles. The van der Waals surface area contributed by atoms with Gasteiger partial charge in [0, 0.05) is 0 Å². The fourth-order valence-electron chi connectivity index (χ4n) is 1.55. The number of allylic oxidation sites excluding steroid dienone is 3. The number of methoxy groups -OCH3 is 1. The van der Waals surface area contributed by atoms with Gasteiger partial charge in [-0.05, 0) is 30.5 Å². The van der Waals surface area contributed by atoms with Gasteiger partial charge in [-0.1, -0.05) is 43.3 Å². The average Bonchev–Trinajstić information content (AvgIpc) is 2.35. The molecule has 1 rings (SSSR count).